The number of ether oxygens (including phenoxy) is 2. The average Bonchev–Trinajstić information content (AvgIpc) is 3.55. The fraction of sp³-hybridized carbons (Fsp3) is 0.516. The Morgan fingerprint density at radius 3 is 2.59 bits per heavy atom. The Labute approximate surface area is 220 Å². The third-order valence-corrected chi connectivity index (χ3v) is 7.82. The zero-order chi connectivity index (χ0) is 25.5. The van der Waals surface area contributed by atoms with Gasteiger partial charge in [0.1, 0.15) is 11.6 Å². The zero-order valence-electron chi connectivity index (χ0n) is 22.1. The van der Waals surface area contributed by atoms with Crippen LogP contribution in [0.1, 0.15) is 76.0 Å². The monoisotopic (exact) mass is 505 g/mol. The maximum atomic E-state index is 13.6. The summed E-state index contributed by atoms with van der Waals surface area (Å²) in [4.78, 5) is 7.36. The van der Waals surface area contributed by atoms with Crippen LogP contribution in [0.4, 0.5) is 4.39 Å². The zero-order valence-corrected chi connectivity index (χ0v) is 22.1. The normalized spacial score (nSPS) is 15.5. The van der Waals surface area contributed by atoms with Crippen molar-refractivity contribution in [1.29, 1.82) is 0 Å². The third-order valence-electron chi connectivity index (χ3n) is 7.82. The molecule has 2 heterocycles. The van der Waals surface area contributed by atoms with E-state index in [1.165, 1.54) is 68.3 Å². The van der Waals surface area contributed by atoms with Crippen LogP contribution in [0.15, 0.2) is 48.7 Å². The molecule has 1 aliphatic carbocycles. The molecule has 5 nitrogen and oxygen atoms in total. The van der Waals surface area contributed by atoms with E-state index >= 15 is 0 Å². The van der Waals surface area contributed by atoms with Gasteiger partial charge in [-0.25, -0.2) is 9.37 Å². The number of halogens is 1. The van der Waals surface area contributed by atoms with Gasteiger partial charge in [-0.1, -0.05) is 51.5 Å². The molecular formula is C31H40FN3O2. The van der Waals surface area contributed by atoms with Crippen LogP contribution in [0.2, 0.25) is 0 Å². The van der Waals surface area contributed by atoms with Crippen LogP contribution in [-0.4, -0.2) is 27.8 Å². The Kier molecular flexibility index (Phi) is 8.77. The molecule has 1 aromatic heterocycles. The topological polar surface area (TPSA) is 39.5 Å². The summed E-state index contributed by atoms with van der Waals surface area (Å²) in [6.45, 7) is 6.16. The minimum absolute atomic E-state index is 0.219. The van der Waals surface area contributed by atoms with Crippen LogP contribution in [0.5, 0.6) is 11.5 Å². The number of unbranched alkanes of at least 4 members (excludes halogenated alkanes) is 1. The van der Waals surface area contributed by atoms with E-state index in [0.29, 0.717) is 6.79 Å². The quantitative estimate of drug-likeness (QED) is 0.254. The minimum atomic E-state index is -0.219. The Hall–Kier alpha value is -2.86. The molecule has 3 aromatic rings. The lowest BCUT2D eigenvalue weighted by molar-refractivity contribution is 0.174. The van der Waals surface area contributed by atoms with Crippen molar-refractivity contribution in [3.63, 3.8) is 0 Å². The van der Waals surface area contributed by atoms with Crippen LogP contribution in [-0.2, 0) is 19.6 Å². The highest BCUT2D eigenvalue weighted by Gasteiger charge is 2.19. The highest BCUT2D eigenvalue weighted by molar-refractivity contribution is 5.56. The summed E-state index contributed by atoms with van der Waals surface area (Å²) in [7, 11) is 0. The van der Waals surface area contributed by atoms with Gasteiger partial charge in [-0.2, -0.15) is 0 Å². The SMILES string of the molecule is CCCCn1c(CN(CCCC2CCCCC2)Cc2ccc3c(c2)OCO3)cnc1-c1ccc(F)cc1. The standard InChI is InChI=1S/C31H40FN3O2/c1-2-3-18-35-28(20-33-31(35)26-12-14-27(32)15-13-26)22-34(17-7-10-24-8-5-4-6-9-24)21-25-11-16-29-30(19-25)37-23-36-29/h11-16,19-20,24H,2-10,17-18,21-23H2,1H3. The van der Waals surface area contributed by atoms with Gasteiger partial charge in [0.2, 0.25) is 6.79 Å². The van der Waals surface area contributed by atoms with Gasteiger partial charge in [-0.05, 0) is 73.7 Å². The van der Waals surface area contributed by atoms with Crippen molar-refractivity contribution in [3.05, 3.63) is 65.7 Å². The molecule has 198 valence electrons. The number of benzene rings is 2. The first-order valence-corrected chi connectivity index (χ1v) is 14.1. The number of imidazole rings is 1. The molecule has 0 N–H and O–H groups in total. The van der Waals surface area contributed by atoms with Crippen LogP contribution in [0.25, 0.3) is 11.4 Å². The number of hydrogen-bond acceptors (Lipinski definition) is 4. The molecule has 0 atom stereocenters. The van der Waals surface area contributed by atoms with Gasteiger partial charge >= 0.3 is 0 Å². The van der Waals surface area contributed by atoms with E-state index in [9.17, 15) is 4.39 Å². The van der Waals surface area contributed by atoms with Gasteiger partial charge in [-0.15, -0.1) is 0 Å². The molecule has 0 amide bonds. The Morgan fingerprint density at radius 1 is 0.973 bits per heavy atom. The van der Waals surface area contributed by atoms with Crippen LogP contribution < -0.4 is 9.47 Å². The van der Waals surface area contributed by atoms with Gasteiger partial charge in [-0.3, -0.25) is 4.90 Å². The third kappa shape index (κ3) is 6.72. The lowest BCUT2D eigenvalue weighted by Crippen LogP contribution is -2.26. The fourth-order valence-electron chi connectivity index (χ4n) is 5.75. The lowest BCUT2D eigenvalue weighted by atomic mass is 9.86. The summed E-state index contributed by atoms with van der Waals surface area (Å²) >= 11 is 0. The van der Waals surface area contributed by atoms with E-state index in [2.05, 4.69) is 28.5 Å². The van der Waals surface area contributed by atoms with Crippen molar-refractivity contribution >= 4 is 0 Å². The van der Waals surface area contributed by atoms with Crippen molar-refractivity contribution < 1.29 is 13.9 Å². The van der Waals surface area contributed by atoms with E-state index in [1.807, 2.05) is 24.4 Å². The summed E-state index contributed by atoms with van der Waals surface area (Å²) in [5, 5.41) is 0. The molecule has 1 aliphatic heterocycles. The number of hydrogen-bond donors (Lipinski definition) is 0. The maximum Gasteiger partial charge on any atom is 0.231 e. The minimum Gasteiger partial charge on any atom is -0.454 e. The van der Waals surface area contributed by atoms with Crippen molar-refractivity contribution in [1.82, 2.24) is 14.5 Å². The Bertz CT molecular complexity index is 1140. The molecule has 1 fully saturated rings. The van der Waals surface area contributed by atoms with Crippen molar-refractivity contribution in [2.24, 2.45) is 5.92 Å². The molecule has 2 aliphatic rings. The molecule has 0 bridgehead atoms. The van der Waals surface area contributed by atoms with E-state index in [1.54, 1.807) is 0 Å². The molecule has 0 saturated heterocycles. The number of rotatable bonds is 12. The van der Waals surface area contributed by atoms with Crippen LogP contribution >= 0.6 is 0 Å². The maximum absolute atomic E-state index is 13.6. The van der Waals surface area contributed by atoms with Crippen molar-refractivity contribution in [2.45, 2.75) is 84.3 Å². The molecular weight excluding hydrogens is 465 g/mol. The van der Waals surface area contributed by atoms with Gasteiger partial charge < -0.3 is 14.0 Å². The van der Waals surface area contributed by atoms with E-state index in [4.69, 9.17) is 14.5 Å². The van der Waals surface area contributed by atoms with Crippen molar-refractivity contribution in [3.8, 4) is 22.9 Å². The van der Waals surface area contributed by atoms with E-state index in [-0.39, 0.29) is 5.82 Å². The predicted molar refractivity (Wildman–Crippen MR) is 145 cm³/mol. The van der Waals surface area contributed by atoms with Gasteiger partial charge in [0.25, 0.3) is 0 Å². The summed E-state index contributed by atoms with van der Waals surface area (Å²) in [6.07, 6.45) is 13.7. The first-order chi connectivity index (χ1) is 18.2. The molecule has 0 spiro atoms. The second-order valence-electron chi connectivity index (χ2n) is 10.6. The van der Waals surface area contributed by atoms with E-state index < -0.39 is 0 Å². The fourth-order valence-corrected chi connectivity index (χ4v) is 5.75. The smallest absolute Gasteiger partial charge is 0.231 e. The number of aromatic nitrogens is 2. The largest absolute Gasteiger partial charge is 0.454 e. The molecule has 2 aromatic carbocycles. The van der Waals surface area contributed by atoms with Crippen LogP contribution in [0.3, 0.4) is 0 Å². The molecule has 6 heteroatoms. The highest BCUT2D eigenvalue weighted by atomic mass is 19.1. The van der Waals surface area contributed by atoms with Gasteiger partial charge in [0.05, 0.1) is 11.9 Å². The summed E-state index contributed by atoms with van der Waals surface area (Å²) < 4.78 is 27.1. The molecule has 1 saturated carbocycles. The first kappa shape index (κ1) is 25.8. The summed E-state index contributed by atoms with van der Waals surface area (Å²) in [5.41, 5.74) is 3.41. The van der Waals surface area contributed by atoms with Crippen LogP contribution in [0, 0.1) is 11.7 Å². The van der Waals surface area contributed by atoms with E-state index in [0.717, 1.165) is 67.8 Å². The lowest BCUT2D eigenvalue weighted by Gasteiger charge is -2.26. The predicted octanol–water partition coefficient (Wildman–Crippen LogP) is 7.58. The second-order valence-corrected chi connectivity index (χ2v) is 10.6. The Balaban J connectivity index is 1.34. The van der Waals surface area contributed by atoms with Gasteiger partial charge in [0.15, 0.2) is 11.5 Å². The second kappa shape index (κ2) is 12.6. The number of nitrogens with zero attached hydrogens (tertiary/aromatic N) is 3. The first-order valence-electron chi connectivity index (χ1n) is 14.1. The summed E-state index contributed by atoms with van der Waals surface area (Å²) in [6, 6.07) is 13.0. The highest BCUT2D eigenvalue weighted by Crippen LogP contribution is 2.33. The van der Waals surface area contributed by atoms with Crippen molar-refractivity contribution in [2.75, 3.05) is 13.3 Å². The molecule has 5 rings (SSSR count). The number of fused-ring (bicyclic) bond motifs is 1. The molecule has 0 unspecified atom stereocenters. The van der Waals surface area contributed by atoms with Gasteiger partial charge in [0, 0.05) is 25.2 Å². The molecule has 0 radical (unpaired) electrons. The molecule has 37 heavy (non-hydrogen) atoms. The summed E-state index contributed by atoms with van der Waals surface area (Å²) in [5.74, 6) is 3.26. The Morgan fingerprint density at radius 2 is 1.78 bits per heavy atom. The average molecular weight is 506 g/mol.